The monoisotopic (exact) mass is 290 g/mol. The van der Waals surface area contributed by atoms with Gasteiger partial charge in [0.15, 0.2) is 0 Å². The van der Waals surface area contributed by atoms with E-state index >= 15 is 0 Å². The summed E-state index contributed by atoms with van der Waals surface area (Å²) in [4.78, 5) is 15.9. The molecule has 2 N–H and O–H groups in total. The Morgan fingerprint density at radius 2 is 2.05 bits per heavy atom. The van der Waals surface area contributed by atoms with Crippen molar-refractivity contribution in [3.05, 3.63) is 29.6 Å². The summed E-state index contributed by atoms with van der Waals surface area (Å²) in [6.45, 7) is 8.33. The minimum atomic E-state index is -0.947. The lowest BCUT2D eigenvalue weighted by molar-refractivity contribution is 0.0697. The van der Waals surface area contributed by atoms with Crippen LogP contribution in [-0.4, -0.2) is 32.3 Å². The number of aromatic nitrogens is 2. The molecule has 0 aliphatic heterocycles. The van der Waals surface area contributed by atoms with Crippen molar-refractivity contribution in [2.24, 2.45) is 0 Å². The number of rotatable bonds is 4. The molecule has 21 heavy (non-hydrogen) atoms. The van der Waals surface area contributed by atoms with E-state index in [-0.39, 0.29) is 23.6 Å². The van der Waals surface area contributed by atoms with E-state index in [4.69, 9.17) is 0 Å². The number of nitrogens with zero attached hydrogens (tertiary/aromatic N) is 2. The Morgan fingerprint density at radius 1 is 1.38 bits per heavy atom. The number of carboxylic acids is 1. The van der Waals surface area contributed by atoms with Crippen molar-refractivity contribution < 1.29 is 15.0 Å². The molecule has 0 bridgehead atoms. The molecular weight excluding hydrogens is 268 g/mol. The third-order valence-electron chi connectivity index (χ3n) is 3.59. The lowest BCUT2D eigenvalue weighted by Crippen LogP contribution is -2.21. The van der Waals surface area contributed by atoms with Gasteiger partial charge in [-0.25, -0.2) is 9.78 Å². The first-order valence-corrected chi connectivity index (χ1v) is 7.12. The van der Waals surface area contributed by atoms with Gasteiger partial charge in [0.05, 0.1) is 16.6 Å². The van der Waals surface area contributed by atoms with Gasteiger partial charge in [0.1, 0.15) is 5.82 Å². The minimum Gasteiger partial charge on any atom is -0.478 e. The van der Waals surface area contributed by atoms with E-state index in [1.165, 1.54) is 0 Å². The fourth-order valence-corrected chi connectivity index (χ4v) is 2.52. The summed E-state index contributed by atoms with van der Waals surface area (Å²) in [6, 6.07) is 5.04. The van der Waals surface area contributed by atoms with E-state index in [0.717, 1.165) is 16.9 Å². The number of hydrogen-bond acceptors (Lipinski definition) is 3. The summed E-state index contributed by atoms with van der Waals surface area (Å²) in [5.74, 6) is -0.0437. The van der Waals surface area contributed by atoms with Crippen molar-refractivity contribution in [3.8, 4) is 0 Å². The molecule has 1 aromatic carbocycles. The molecule has 0 aliphatic carbocycles. The average molecular weight is 290 g/mol. The second-order valence-corrected chi connectivity index (χ2v) is 6.43. The summed E-state index contributed by atoms with van der Waals surface area (Å²) >= 11 is 0. The number of hydrogen-bond donors (Lipinski definition) is 2. The van der Waals surface area contributed by atoms with E-state index in [2.05, 4.69) is 30.3 Å². The molecule has 1 heterocycles. The van der Waals surface area contributed by atoms with E-state index in [0.29, 0.717) is 6.42 Å². The Balaban J connectivity index is 2.73. The van der Waals surface area contributed by atoms with Crippen molar-refractivity contribution in [2.75, 3.05) is 6.61 Å². The molecule has 0 amide bonds. The van der Waals surface area contributed by atoms with Crippen LogP contribution in [0.3, 0.4) is 0 Å². The normalized spacial score (nSPS) is 13.6. The molecule has 0 fully saturated rings. The molecule has 2 aromatic rings. The Bertz CT molecular complexity index is 668. The highest BCUT2D eigenvalue weighted by Crippen LogP contribution is 2.31. The van der Waals surface area contributed by atoms with Gasteiger partial charge in [-0.1, -0.05) is 20.8 Å². The van der Waals surface area contributed by atoms with E-state index in [9.17, 15) is 15.0 Å². The Morgan fingerprint density at radius 3 is 2.57 bits per heavy atom. The molecule has 1 unspecified atom stereocenters. The number of aliphatic hydroxyl groups is 1. The molecule has 0 aliphatic rings. The summed E-state index contributed by atoms with van der Waals surface area (Å²) < 4.78 is 2.05. The minimum absolute atomic E-state index is 0.0540. The molecule has 1 atom stereocenters. The highest BCUT2D eigenvalue weighted by Gasteiger charge is 2.25. The fraction of sp³-hybridized carbons (Fsp3) is 0.500. The van der Waals surface area contributed by atoms with Gasteiger partial charge in [-0.3, -0.25) is 0 Å². The number of aromatic carboxylic acids is 1. The summed E-state index contributed by atoms with van der Waals surface area (Å²) in [5.41, 5.74) is 1.68. The topological polar surface area (TPSA) is 75.3 Å². The molecule has 5 nitrogen and oxygen atoms in total. The quantitative estimate of drug-likeness (QED) is 0.907. The van der Waals surface area contributed by atoms with Crippen LogP contribution in [0.25, 0.3) is 11.0 Å². The van der Waals surface area contributed by atoms with Crippen molar-refractivity contribution in [3.63, 3.8) is 0 Å². The number of aliphatic hydroxyl groups excluding tert-OH is 1. The summed E-state index contributed by atoms with van der Waals surface area (Å²) in [7, 11) is 0. The van der Waals surface area contributed by atoms with E-state index < -0.39 is 5.97 Å². The molecule has 114 valence electrons. The zero-order valence-electron chi connectivity index (χ0n) is 12.9. The molecule has 5 heteroatoms. The second kappa shape index (κ2) is 5.48. The van der Waals surface area contributed by atoms with Crippen LogP contribution in [0.2, 0.25) is 0 Å². The van der Waals surface area contributed by atoms with Crippen molar-refractivity contribution >= 4 is 17.0 Å². The van der Waals surface area contributed by atoms with Gasteiger partial charge in [-0.15, -0.1) is 0 Å². The van der Waals surface area contributed by atoms with Gasteiger partial charge < -0.3 is 14.8 Å². The average Bonchev–Trinajstić information content (AvgIpc) is 2.77. The van der Waals surface area contributed by atoms with Crippen LogP contribution in [0.5, 0.6) is 0 Å². The lowest BCUT2D eigenvalue weighted by atomic mass is 9.95. The standard InChI is InChI=1S/C16H22N2O3/c1-10(7-8-19)18-13-9-11(14(20)21)5-6-12(13)17-15(18)16(2,3)4/h5-6,9-10,19H,7-8H2,1-4H3,(H,20,21). The van der Waals surface area contributed by atoms with Crippen molar-refractivity contribution in [2.45, 2.75) is 45.6 Å². The van der Waals surface area contributed by atoms with E-state index in [1.807, 2.05) is 6.92 Å². The van der Waals surface area contributed by atoms with Crippen molar-refractivity contribution in [1.29, 1.82) is 0 Å². The van der Waals surface area contributed by atoms with Crippen LogP contribution in [0.1, 0.15) is 56.3 Å². The number of imidazole rings is 1. The zero-order chi connectivity index (χ0) is 15.8. The smallest absolute Gasteiger partial charge is 0.335 e. The highest BCUT2D eigenvalue weighted by atomic mass is 16.4. The van der Waals surface area contributed by atoms with Gasteiger partial charge >= 0.3 is 5.97 Å². The Hall–Kier alpha value is -1.88. The summed E-state index contributed by atoms with van der Waals surface area (Å²) in [6.07, 6.45) is 0.603. The van der Waals surface area contributed by atoms with Crippen LogP contribution in [0, 0.1) is 0 Å². The number of fused-ring (bicyclic) bond motifs is 1. The number of carboxylic acid groups (broad SMARTS) is 1. The number of carbonyl (C=O) groups is 1. The van der Waals surface area contributed by atoms with Gasteiger partial charge in [0.2, 0.25) is 0 Å². The fourth-order valence-electron chi connectivity index (χ4n) is 2.52. The Labute approximate surface area is 124 Å². The van der Waals surface area contributed by atoms with Crippen LogP contribution >= 0.6 is 0 Å². The molecule has 1 aromatic heterocycles. The first-order valence-electron chi connectivity index (χ1n) is 7.12. The first-order chi connectivity index (χ1) is 9.75. The lowest BCUT2D eigenvalue weighted by Gasteiger charge is -2.24. The third kappa shape index (κ3) is 2.93. The SMILES string of the molecule is CC(CCO)n1c(C(C)(C)C)nc2ccc(C(=O)O)cc21. The van der Waals surface area contributed by atoms with Gasteiger partial charge in [0, 0.05) is 18.1 Å². The highest BCUT2D eigenvalue weighted by molar-refractivity contribution is 5.92. The Kier molecular flexibility index (Phi) is 4.05. The second-order valence-electron chi connectivity index (χ2n) is 6.43. The number of benzene rings is 1. The third-order valence-corrected chi connectivity index (χ3v) is 3.59. The molecule has 0 saturated carbocycles. The van der Waals surface area contributed by atoms with Crippen LogP contribution < -0.4 is 0 Å². The van der Waals surface area contributed by atoms with Crippen LogP contribution in [0.15, 0.2) is 18.2 Å². The van der Waals surface area contributed by atoms with Crippen molar-refractivity contribution in [1.82, 2.24) is 9.55 Å². The maximum Gasteiger partial charge on any atom is 0.335 e. The van der Waals surface area contributed by atoms with Crippen LogP contribution in [-0.2, 0) is 5.41 Å². The van der Waals surface area contributed by atoms with Gasteiger partial charge in [-0.05, 0) is 31.5 Å². The predicted octanol–water partition coefficient (Wildman–Crippen LogP) is 2.98. The van der Waals surface area contributed by atoms with E-state index in [1.54, 1.807) is 18.2 Å². The maximum atomic E-state index is 11.2. The molecule has 0 spiro atoms. The van der Waals surface area contributed by atoms with Gasteiger partial charge in [0.25, 0.3) is 0 Å². The largest absolute Gasteiger partial charge is 0.478 e. The van der Waals surface area contributed by atoms with Crippen LogP contribution in [0.4, 0.5) is 0 Å². The van der Waals surface area contributed by atoms with Gasteiger partial charge in [-0.2, -0.15) is 0 Å². The molecule has 2 rings (SSSR count). The maximum absolute atomic E-state index is 11.2. The zero-order valence-corrected chi connectivity index (χ0v) is 12.9. The molecule has 0 radical (unpaired) electrons. The first kappa shape index (κ1) is 15.5. The molecule has 0 saturated heterocycles. The molecular formula is C16H22N2O3. The summed E-state index contributed by atoms with van der Waals surface area (Å²) in [5, 5.41) is 18.4. The predicted molar refractivity (Wildman–Crippen MR) is 81.8 cm³/mol.